The van der Waals surface area contributed by atoms with Gasteiger partial charge in [-0.25, -0.2) is 4.79 Å². The second-order valence-electron chi connectivity index (χ2n) is 9.06. The first kappa shape index (κ1) is 23.0. The van der Waals surface area contributed by atoms with E-state index in [4.69, 9.17) is 14.2 Å². The van der Waals surface area contributed by atoms with Gasteiger partial charge < -0.3 is 29.1 Å². The van der Waals surface area contributed by atoms with Crippen molar-refractivity contribution in [2.75, 3.05) is 46.3 Å². The molecule has 0 saturated carbocycles. The molecule has 184 valence electrons. The number of methoxy groups -OCH3 is 3. The number of aromatic amines is 1. The van der Waals surface area contributed by atoms with Gasteiger partial charge in [0.15, 0.2) is 11.5 Å². The summed E-state index contributed by atoms with van der Waals surface area (Å²) in [6.07, 6.45) is 1.01. The third kappa shape index (κ3) is 4.14. The normalized spacial score (nSPS) is 19.2. The second-order valence-corrected chi connectivity index (χ2v) is 9.06. The van der Waals surface area contributed by atoms with Gasteiger partial charge in [0, 0.05) is 48.8 Å². The highest BCUT2D eigenvalue weighted by Crippen LogP contribution is 2.38. The maximum absolute atomic E-state index is 13.2. The fourth-order valence-electron chi connectivity index (χ4n) is 5.41. The van der Waals surface area contributed by atoms with Crippen LogP contribution in [-0.2, 0) is 16.1 Å². The molecule has 2 aliphatic heterocycles. The monoisotopic (exact) mass is 480 g/mol. The van der Waals surface area contributed by atoms with E-state index in [0.29, 0.717) is 47.1 Å². The van der Waals surface area contributed by atoms with E-state index in [0.717, 1.165) is 18.7 Å². The zero-order valence-electron chi connectivity index (χ0n) is 19.9. The van der Waals surface area contributed by atoms with E-state index < -0.39 is 5.97 Å². The van der Waals surface area contributed by atoms with Crippen molar-refractivity contribution in [1.82, 2.24) is 14.5 Å². The first-order chi connectivity index (χ1) is 16.9. The predicted octanol–water partition coefficient (Wildman–Crippen LogP) is 2.19. The third-order valence-corrected chi connectivity index (χ3v) is 6.88. The highest BCUT2D eigenvalue weighted by atomic mass is 16.5. The molecule has 0 radical (unpaired) electrons. The summed E-state index contributed by atoms with van der Waals surface area (Å²) in [5.41, 5.74) is 2.16. The number of nitrogens with one attached hydrogen (secondary N) is 2. The molecule has 3 aromatic rings. The fraction of sp³-hybridized carbons (Fsp3) is 0.400. The van der Waals surface area contributed by atoms with Crippen molar-refractivity contribution in [3.05, 3.63) is 52.1 Å². The Hall–Kier alpha value is -3.79. The first-order valence-corrected chi connectivity index (χ1v) is 11.5. The number of rotatable bonds is 6. The summed E-state index contributed by atoms with van der Waals surface area (Å²) in [5, 5.41) is 3.53. The second kappa shape index (κ2) is 9.10. The summed E-state index contributed by atoms with van der Waals surface area (Å²) in [6, 6.07) is 8.82. The Morgan fingerprint density at radius 1 is 1.09 bits per heavy atom. The Kier molecular flexibility index (Phi) is 5.98. The molecule has 2 N–H and O–H groups in total. The zero-order chi connectivity index (χ0) is 24.7. The largest absolute Gasteiger partial charge is 0.493 e. The molecule has 5 rings (SSSR count). The lowest BCUT2D eigenvalue weighted by atomic mass is 9.83. The van der Waals surface area contributed by atoms with Crippen LogP contribution in [0, 0.1) is 5.92 Å². The van der Waals surface area contributed by atoms with Crippen LogP contribution in [0.5, 0.6) is 11.5 Å². The summed E-state index contributed by atoms with van der Waals surface area (Å²) in [4.78, 5) is 43.0. The number of pyridine rings is 1. The van der Waals surface area contributed by atoms with Gasteiger partial charge in [-0.05, 0) is 24.5 Å². The molecule has 4 heterocycles. The molecule has 35 heavy (non-hydrogen) atoms. The molecule has 1 aromatic carbocycles. The summed E-state index contributed by atoms with van der Waals surface area (Å²) >= 11 is 0. The van der Waals surface area contributed by atoms with Crippen LogP contribution in [0.3, 0.4) is 0 Å². The molecule has 2 atom stereocenters. The molecular weight excluding hydrogens is 452 g/mol. The number of nitrogens with zero attached hydrogens (tertiary/aromatic N) is 2. The van der Waals surface area contributed by atoms with Crippen LogP contribution >= 0.6 is 0 Å². The lowest BCUT2D eigenvalue weighted by Crippen LogP contribution is -2.49. The maximum Gasteiger partial charge on any atom is 0.356 e. The lowest BCUT2D eigenvalue weighted by Gasteiger charge is -2.42. The van der Waals surface area contributed by atoms with Gasteiger partial charge in [-0.3, -0.25) is 14.5 Å². The highest BCUT2D eigenvalue weighted by molar-refractivity contribution is 6.11. The quantitative estimate of drug-likeness (QED) is 0.520. The standard InChI is InChI=1S/C25H28N4O6/c1-33-19-8-16-17(9-20(19)34-2)26-24(25(32)35-3)23(16)27-21(30)13-28-10-14-7-15(12-28)18-5-4-6-22(31)29(18)11-14/h4-6,8-9,14-15,26H,7,10-13H2,1-3H3,(H,27,30)/t14-,15+/m0/s1. The number of piperidine rings is 1. The molecule has 1 fully saturated rings. The smallest absolute Gasteiger partial charge is 0.356 e. The minimum atomic E-state index is -0.594. The average molecular weight is 481 g/mol. The van der Waals surface area contributed by atoms with E-state index >= 15 is 0 Å². The van der Waals surface area contributed by atoms with Gasteiger partial charge in [0.2, 0.25) is 5.91 Å². The van der Waals surface area contributed by atoms with Crippen LogP contribution in [0.25, 0.3) is 10.9 Å². The van der Waals surface area contributed by atoms with Crippen molar-refractivity contribution in [3.8, 4) is 11.5 Å². The summed E-state index contributed by atoms with van der Waals surface area (Å²) in [5.74, 6) is 0.656. The number of hydrogen-bond acceptors (Lipinski definition) is 7. The Morgan fingerprint density at radius 2 is 1.86 bits per heavy atom. The number of aromatic nitrogens is 2. The third-order valence-electron chi connectivity index (χ3n) is 6.88. The van der Waals surface area contributed by atoms with Gasteiger partial charge in [-0.15, -0.1) is 0 Å². The van der Waals surface area contributed by atoms with Gasteiger partial charge in [-0.1, -0.05) is 6.07 Å². The van der Waals surface area contributed by atoms with Crippen LogP contribution in [0.1, 0.15) is 28.5 Å². The molecule has 2 bridgehead atoms. The van der Waals surface area contributed by atoms with Crippen molar-refractivity contribution in [3.63, 3.8) is 0 Å². The first-order valence-electron chi connectivity index (χ1n) is 11.5. The number of ether oxygens (including phenoxy) is 3. The molecule has 1 amide bonds. The highest BCUT2D eigenvalue weighted by Gasteiger charge is 2.35. The number of likely N-dealkylation sites (tertiary alicyclic amines) is 1. The fourth-order valence-corrected chi connectivity index (χ4v) is 5.41. The van der Waals surface area contributed by atoms with Gasteiger partial charge in [-0.2, -0.15) is 0 Å². The van der Waals surface area contributed by atoms with Crippen molar-refractivity contribution >= 4 is 28.5 Å². The predicted molar refractivity (Wildman–Crippen MR) is 129 cm³/mol. The number of amides is 1. The Balaban J connectivity index is 1.39. The molecule has 2 aliphatic rings. The molecule has 10 heteroatoms. The Morgan fingerprint density at radius 3 is 2.60 bits per heavy atom. The molecule has 0 unspecified atom stereocenters. The van der Waals surface area contributed by atoms with E-state index in [2.05, 4.69) is 15.2 Å². The summed E-state index contributed by atoms with van der Waals surface area (Å²) in [6.45, 7) is 2.26. The summed E-state index contributed by atoms with van der Waals surface area (Å²) in [7, 11) is 4.34. The van der Waals surface area contributed by atoms with Gasteiger partial charge in [0.25, 0.3) is 5.56 Å². The average Bonchev–Trinajstić information content (AvgIpc) is 3.20. The lowest BCUT2D eigenvalue weighted by molar-refractivity contribution is -0.117. The van der Waals surface area contributed by atoms with E-state index in [1.54, 1.807) is 24.3 Å². The summed E-state index contributed by atoms with van der Waals surface area (Å²) < 4.78 is 17.5. The number of hydrogen-bond donors (Lipinski definition) is 2. The SMILES string of the molecule is COC(=O)c1[nH]c2cc(OC)c(OC)cc2c1NC(=O)CN1C[C@@H]2C[C@H](C1)c1cccc(=O)n1C2. The number of H-pyrrole nitrogens is 1. The number of benzene rings is 1. The number of carbonyl (C=O) groups excluding carboxylic acids is 2. The van der Waals surface area contributed by atoms with Gasteiger partial charge >= 0.3 is 5.97 Å². The van der Waals surface area contributed by atoms with E-state index in [-0.39, 0.29) is 29.6 Å². The number of carbonyl (C=O) groups is 2. The molecule has 2 aromatic heterocycles. The zero-order valence-corrected chi connectivity index (χ0v) is 19.9. The van der Waals surface area contributed by atoms with Crippen LogP contribution in [0.2, 0.25) is 0 Å². The van der Waals surface area contributed by atoms with Crippen molar-refractivity contribution in [1.29, 1.82) is 0 Å². The van der Waals surface area contributed by atoms with E-state index in [1.807, 2.05) is 10.6 Å². The van der Waals surface area contributed by atoms with Gasteiger partial charge in [0.05, 0.1) is 39.1 Å². The van der Waals surface area contributed by atoms with Crippen molar-refractivity contribution < 1.29 is 23.8 Å². The number of anilines is 1. The Bertz CT molecular complexity index is 1360. The minimum Gasteiger partial charge on any atom is -0.493 e. The van der Waals surface area contributed by atoms with Crippen molar-refractivity contribution in [2.45, 2.75) is 18.9 Å². The van der Waals surface area contributed by atoms with E-state index in [9.17, 15) is 14.4 Å². The maximum atomic E-state index is 13.2. The molecular formula is C25H28N4O6. The Labute approximate surface area is 201 Å². The van der Waals surface area contributed by atoms with Gasteiger partial charge in [0.1, 0.15) is 5.69 Å². The number of fused-ring (bicyclic) bond motifs is 5. The molecule has 0 spiro atoms. The van der Waals surface area contributed by atoms with Crippen molar-refractivity contribution in [2.24, 2.45) is 5.92 Å². The topological polar surface area (TPSA) is 115 Å². The van der Waals surface area contributed by atoms with Crippen LogP contribution in [-0.4, -0.2) is 67.3 Å². The molecule has 1 saturated heterocycles. The van der Waals surface area contributed by atoms with Crippen LogP contribution in [0.15, 0.2) is 35.1 Å². The minimum absolute atomic E-state index is 0.0325. The molecule has 0 aliphatic carbocycles. The number of esters is 1. The molecule has 10 nitrogen and oxygen atoms in total. The van der Waals surface area contributed by atoms with Crippen LogP contribution in [0.4, 0.5) is 5.69 Å². The van der Waals surface area contributed by atoms with Crippen LogP contribution < -0.4 is 20.3 Å². The van der Waals surface area contributed by atoms with E-state index in [1.165, 1.54) is 21.3 Å².